The van der Waals surface area contributed by atoms with E-state index in [1.165, 1.54) is 23.9 Å². The van der Waals surface area contributed by atoms with E-state index in [0.29, 0.717) is 16.5 Å². The number of hydrogen-bond acceptors (Lipinski definition) is 5. The highest BCUT2D eigenvalue weighted by Gasteiger charge is 2.12. The van der Waals surface area contributed by atoms with Crippen LogP contribution in [0.5, 0.6) is 0 Å². The molecule has 0 bridgehead atoms. The van der Waals surface area contributed by atoms with Gasteiger partial charge in [0, 0.05) is 25.5 Å². The first-order chi connectivity index (χ1) is 11.5. The molecule has 8 nitrogen and oxygen atoms in total. The lowest BCUT2D eigenvalue weighted by Crippen LogP contribution is -2.29. The monoisotopic (exact) mass is 325 g/mol. The average molecular weight is 325 g/mol. The zero-order chi connectivity index (χ0) is 17.3. The minimum Gasteiger partial charge on any atom is -0.345 e. The summed E-state index contributed by atoms with van der Waals surface area (Å²) in [5, 5.41) is 12.0. The molecule has 122 valence electrons. The highest BCUT2D eigenvalue weighted by atomic mass is 16.2. The summed E-state index contributed by atoms with van der Waals surface area (Å²) in [5.74, 6) is -0.426. The normalized spacial score (nSPS) is 10.8. The summed E-state index contributed by atoms with van der Waals surface area (Å²) in [7, 11) is 3.04. The standard InChI is InChI=1S/C16H15N5O3/c1-20-14(22)8-7-12(18-20)15(23)17-9-13-10-5-3-4-6-11(10)16(24)21(2)19-13/h3-8H,9H2,1-2H3,(H,17,23). The molecule has 2 aromatic heterocycles. The van der Waals surface area contributed by atoms with E-state index in [-0.39, 0.29) is 23.4 Å². The van der Waals surface area contributed by atoms with Crippen molar-refractivity contribution in [1.82, 2.24) is 24.9 Å². The topological polar surface area (TPSA) is 98.9 Å². The van der Waals surface area contributed by atoms with Gasteiger partial charge in [-0.05, 0) is 12.1 Å². The molecule has 0 aliphatic carbocycles. The summed E-state index contributed by atoms with van der Waals surface area (Å²) in [6.45, 7) is 0.137. The minimum absolute atomic E-state index is 0.131. The lowest BCUT2D eigenvalue weighted by molar-refractivity contribution is 0.0943. The third-order valence-corrected chi connectivity index (χ3v) is 3.64. The number of nitrogens with one attached hydrogen (secondary N) is 1. The average Bonchev–Trinajstić information content (AvgIpc) is 2.59. The van der Waals surface area contributed by atoms with Gasteiger partial charge in [0.1, 0.15) is 5.69 Å². The number of benzene rings is 1. The summed E-state index contributed by atoms with van der Waals surface area (Å²) in [6.07, 6.45) is 0. The molecule has 0 aliphatic rings. The summed E-state index contributed by atoms with van der Waals surface area (Å²) in [6, 6.07) is 9.74. The van der Waals surface area contributed by atoms with E-state index >= 15 is 0 Å². The highest BCUT2D eigenvalue weighted by Crippen LogP contribution is 2.12. The Morgan fingerprint density at radius 1 is 1.00 bits per heavy atom. The molecule has 8 heteroatoms. The van der Waals surface area contributed by atoms with Crippen LogP contribution in [0.3, 0.4) is 0 Å². The number of rotatable bonds is 3. The molecule has 0 fully saturated rings. The Morgan fingerprint density at radius 3 is 2.42 bits per heavy atom. The maximum absolute atomic E-state index is 12.2. The van der Waals surface area contributed by atoms with E-state index in [2.05, 4.69) is 15.5 Å². The molecule has 1 amide bonds. The molecule has 0 saturated carbocycles. The first kappa shape index (κ1) is 15.6. The van der Waals surface area contributed by atoms with Crippen molar-refractivity contribution < 1.29 is 4.79 Å². The molecule has 0 radical (unpaired) electrons. The maximum atomic E-state index is 12.2. The van der Waals surface area contributed by atoms with E-state index < -0.39 is 5.91 Å². The van der Waals surface area contributed by atoms with Crippen LogP contribution in [-0.4, -0.2) is 25.5 Å². The maximum Gasteiger partial charge on any atom is 0.274 e. The summed E-state index contributed by atoms with van der Waals surface area (Å²) in [5.41, 5.74) is 0.217. The molecule has 0 aliphatic heterocycles. The Morgan fingerprint density at radius 2 is 1.71 bits per heavy atom. The number of fused-ring (bicyclic) bond motifs is 1. The van der Waals surface area contributed by atoms with Crippen LogP contribution in [0.2, 0.25) is 0 Å². The quantitative estimate of drug-likeness (QED) is 0.728. The molecule has 1 N–H and O–H groups in total. The van der Waals surface area contributed by atoms with Gasteiger partial charge in [-0.25, -0.2) is 9.36 Å². The molecule has 3 rings (SSSR count). The second kappa shape index (κ2) is 6.07. The van der Waals surface area contributed by atoms with Crippen LogP contribution < -0.4 is 16.4 Å². The van der Waals surface area contributed by atoms with Gasteiger partial charge in [-0.1, -0.05) is 18.2 Å². The number of carbonyl (C=O) groups excluding carboxylic acids is 1. The Hall–Kier alpha value is -3.29. The Labute approximate surface area is 136 Å². The van der Waals surface area contributed by atoms with Crippen LogP contribution in [-0.2, 0) is 20.6 Å². The number of aryl methyl sites for hydroxylation is 2. The van der Waals surface area contributed by atoms with E-state index in [9.17, 15) is 14.4 Å². The number of nitrogens with zero attached hydrogens (tertiary/aromatic N) is 4. The number of hydrogen-bond donors (Lipinski definition) is 1. The van der Waals surface area contributed by atoms with Crippen molar-refractivity contribution in [2.75, 3.05) is 0 Å². The van der Waals surface area contributed by atoms with Gasteiger partial charge >= 0.3 is 0 Å². The van der Waals surface area contributed by atoms with Crippen LogP contribution in [0.25, 0.3) is 10.8 Å². The lowest BCUT2D eigenvalue weighted by Gasteiger charge is -2.09. The fourth-order valence-electron chi connectivity index (χ4n) is 2.38. The van der Waals surface area contributed by atoms with Crippen molar-refractivity contribution in [3.05, 3.63) is 68.5 Å². The van der Waals surface area contributed by atoms with Crippen molar-refractivity contribution in [3.63, 3.8) is 0 Å². The van der Waals surface area contributed by atoms with Gasteiger partial charge in [-0.2, -0.15) is 10.2 Å². The molecule has 0 spiro atoms. The van der Waals surface area contributed by atoms with Crippen molar-refractivity contribution in [3.8, 4) is 0 Å². The first-order valence-electron chi connectivity index (χ1n) is 7.25. The molecular weight excluding hydrogens is 310 g/mol. The number of aromatic nitrogens is 4. The second-order valence-corrected chi connectivity index (χ2v) is 5.28. The van der Waals surface area contributed by atoms with Crippen LogP contribution in [0.1, 0.15) is 16.2 Å². The SMILES string of the molecule is Cn1nc(C(=O)NCc2nn(C)c(=O)c3ccccc23)ccc1=O. The Bertz CT molecular complexity index is 1050. The highest BCUT2D eigenvalue weighted by molar-refractivity contribution is 5.92. The van der Waals surface area contributed by atoms with Crippen molar-refractivity contribution in [2.24, 2.45) is 14.1 Å². The van der Waals surface area contributed by atoms with E-state index in [1.54, 1.807) is 25.2 Å². The van der Waals surface area contributed by atoms with Gasteiger partial charge in [-0.15, -0.1) is 0 Å². The van der Waals surface area contributed by atoms with Gasteiger partial charge in [0.05, 0.1) is 17.6 Å². The first-order valence-corrected chi connectivity index (χ1v) is 7.25. The largest absolute Gasteiger partial charge is 0.345 e. The molecule has 0 saturated heterocycles. The third kappa shape index (κ3) is 2.81. The van der Waals surface area contributed by atoms with Crippen molar-refractivity contribution >= 4 is 16.7 Å². The van der Waals surface area contributed by atoms with E-state index in [1.807, 2.05) is 6.07 Å². The van der Waals surface area contributed by atoms with E-state index in [0.717, 1.165) is 4.68 Å². The number of amides is 1. The summed E-state index contributed by atoms with van der Waals surface area (Å²) < 4.78 is 2.34. The predicted octanol–water partition coefficient (Wildman–Crippen LogP) is -0.0428. The van der Waals surface area contributed by atoms with E-state index in [4.69, 9.17) is 0 Å². The zero-order valence-corrected chi connectivity index (χ0v) is 13.2. The van der Waals surface area contributed by atoms with Gasteiger partial charge in [0.25, 0.3) is 17.0 Å². The fourth-order valence-corrected chi connectivity index (χ4v) is 2.38. The molecule has 0 unspecified atom stereocenters. The summed E-state index contributed by atoms with van der Waals surface area (Å²) >= 11 is 0. The van der Waals surface area contributed by atoms with Gasteiger partial charge < -0.3 is 5.32 Å². The number of carbonyl (C=O) groups is 1. The second-order valence-electron chi connectivity index (χ2n) is 5.28. The Kier molecular flexibility index (Phi) is 3.95. The van der Waals surface area contributed by atoms with Gasteiger partial charge in [0.15, 0.2) is 0 Å². The smallest absolute Gasteiger partial charge is 0.274 e. The van der Waals surface area contributed by atoms with Gasteiger partial charge in [-0.3, -0.25) is 14.4 Å². The van der Waals surface area contributed by atoms with Crippen molar-refractivity contribution in [2.45, 2.75) is 6.54 Å². The van der Waals surface area contributed by atoms with Crippen LogP contribution in [0.4, 0.5) is 0 Å². The van der Waals surface area contributed by atoms with Crippen LogP contribution in [0, 0.1) is 0 Å². The minimum atomic E-state index is -0.426. The molecule has 1 aromatic carbocycles. The molecule has 3 aromatic rings. The molecule has 24 heavy (non-hydrogen) atoms. The molecular formula is C16H15N5O3. The summed E-state index contributed by atoms with van der Waals surface area (Å²) in [4.78, 5) is 35.6. The third-order valence-electron chi connectivity index (χ3n) is 3.64. The van der Waals surface area contributed by atoms with Crippen LogP contribution >= 0.6 is 0 Å². The van der Waals surface area contributed by atoms with Crippen molar-refractivity contribution in [1.29, 1.82) is 0 Å². The Balaban J connectivity index is 1.89. The molecule has 0 atom stereocenters. The fraction of sp³-hybridized carbons (Fsp3) is 0.188. The predicted molar refractivity (Wildman–Crippen MR) is 87.6 cm³/mol. The lowest BCUT2D eigenvalue weighted by atomic mass is 10.1. The van der Waals surface area contributed by atoms with Gasteiger partial charge in [0.2, 0.25) is 0 Å². The van der Waals surface area contributed by atoms with Crippen LogP contribution in [0.15, 0.2) is 46.0 Å². The molecule has 2 heterocycles. The zero-order valence-electron chi connectivity index (χ0n) is 13.2.